The second-order valence-corrected chi connectivity index (χ2v) is 8.06. The minimum atomic E-state index is -0.262. The molecule has 3 rings (SSSR count). The molecule has 2 saturated heterocycles. The smallest absolute Gasteiger partial charge is 0.227 e. The largest absolute Gasteiger partial charge is 0.381 e. The molecule has 2 amide bonds. The molecule has 0 bridgehead atoms. The number of carbonyl (C=O) groups excluding carboxylic acids is 2. The highest BCUT2D eigenvalue weighted by Gasteiger charge is 2.31. The molecule has 0 spiro atoms. The average Bonchev–Trinajstić information content (AvgIpc) is 2.71. The number of benzene rings is 1. The summed E-state index contributed by atoms with van der Waals surface area (Å²) in [5, 5.41) is 0. The van der Waals surface area contributed by atoms with Crippen LogP contribution in [-0.2, 0) is 20.7 Å². The minimum absolute atomic E-state index is 0.0883. The molecule has 0 unspecified atom stereocenters. The summed E-state index contributed by atoms with van der Waals surface area (Å²) in [6, 6.07) is 6.47. The van der Waals surface area contributed by atoms with Crippen LogP contribution < -0.4 is 0 Å². The zero-order chi connectivity index (χ0) is 19.9. The maximum Gasteiger partial charge on any atom is 0.227 e. The summed E-state index contributed by atoms with van der Waals surface area (Å²) in [4.78, 5) is 28.7. The summed E-state index contributed by atoms with van der Waals surface area (Å²) in [7, 11) is 1.87. The molecule has 154 valence electrons. The van der Waals surface area contributed by atoms with Gasteiger partial charge in [0, 0.05) is 46.3 Å². The van der Waals surface area contributed by atoms with Crippen LogP contribution in [0.4, 0.5) is 4.39 Å². The van der Waals surface area contributed by atoms with E-state index in [1.165, 1.54) is 12.1 Å². The van der Waals surface area contributed by atoms with Gasteiger partial charge in [-0.15, -0.1) is 0 Å². The Hall–Kier alpha value is -1.95. The molecular formula is C22H31FN2O3. The highest BCUT2D eigenvalue weighted by atomic mass is 19.1. The highest BCUT2D eigenvalue weighted by molar-refractivity contribution is 5.83. The van der Waals surface area contributed by atoms with Crippen LogP contribution >= 0.6 is 0 Å². The van der Waals surface area contributed by atoms with E-state index in [-0.39, 0.29) is 23.5 Å². The fraction of sp³-hybridized carbons (Fsp3) is 0.636. The van der Waals surface area contributed by atoms with E-state index in [1.54, 1.807) is 11.0 Å². The molecule has 0 saturated carbocycles. The number of hydrogen-bond acceptors (Lipinski definition) is 3. The molecule has 1 aromatic carbocycles. The van der Waals surface area contributed by atoms with Gasteiger partial charge in [-0.25, -0.2) is 4.39 Å². The van der Waals surface area contributed by atoms with Crippen molar-refractivity contribution in [3.05, 3.63) is 35.6 Å². The third-order valence-electron chi connectivity index (χ3n) is 6.00. The van der Waals surface area contributed by atoms with Gasteiger partial charge in [0.2, 0.25) is 11.8 Å². The Balaban J connectivity index is 1.48. The summed E-state index contributed by atoms with van der Waals surface area (Å²) in [5.41, 5.74) is 0.870. The third-order valence-corrected chi connectivity index (χ3v) is 6.00. The molecule has 0 aliphatic carbocycles. The molecule has 5 nitrogen and oxygen atoms in total. The van der Waals surface area contributed by atoms with Crippen LogP contribution in [0.25, 0.3) is 0 Å². The van der Waals surface area contributed by atoms with Crippen molar-refractivity contribution in [2.75, 3.05) is 39.9 Å². The van der Waals surface area contributed by atoms with Gasteiger partial charge in [-0.2, -0.15) is 0 Å². The van der Waals surface area contributed by atoms with Crippen LogP contribution in [0.5, 0.6) is 0 Å². The van der Waals surface area contributed by atoms with Crippen LogP contribution in [0.2, 0.25) is 0 Å². The molecule has 1 atom stereocenters. The average molecular weight is 390 g/mol. The van der Waals surface area contributed by atoms with Crippen LogP contribution in [-0.4, -0.2) is 61.5 Å². The van der Waals surface area contributed by atoms with Gasteiger partial charge in [-0.3, -0.25) is 9.59 Å². The molecular weight excluding hydrogens is 359 g/mol. The van der Waals surface area contributed by atoms with Crippen molar-refractivity contribution in [2.45, 2.75) is 38.5 Å². The van der Waals surface area contributed by atoms with E-state index >= 15 is 0 Å². The van der Waals surface area contributed by atoms with Crippen molar-refractivity contribution in [1.82, 2.24) is 9.80 Å². The van der Waals surface area contributed by atoms with E-state index in [2.05, 4.69) is 0 Å². The first-order valence-electron chi connectivity index (χ1n) is 10.4. The maximum absolute atomic E-state index is 13.3. The fourth-order valence-corrected chi connectivity index (χ4v) is 4.12. The van der Waals surface area contributed by atoms with Gasteiger partial charge in [0.25, 0.3) is 0 Å². The van der Waals surface area contributed by atoms with Crippen molar-refractivity contribution in [1.29, 1.82) is 0 Å². The Bertz CT molecular complexity index is 676. The topological polar surface area (TPSA) is 49.9 Å². The summed E-state index contributed by atoms with van der Waals surface area (Å²) in [6.45, 7) is 3.41. The van der Waals surface area contributed by atoms with Crippen molar-refractivity contribution in [3.63, 3.8) is 0 Å². The van der Waals surface area contributed by atoms with Crippen molar-refractivity contribution >= 4 is 11.8 Å². The highest BCUT2D eigenvalue weighted by Crippen LogP contribution is 2.22. The van der Waals surface area contributed by atoms with E-state index in [0.717, 1.165) is 44.6 Å². The number of carbonyl (C=O) groups is 2. The van der Waals surface area contributed by atoms with E-state index in [9.17, 15) is 14.0 Å². The van der Waals surface area contributed by atoms with Crippen LogP contribution in [0.3, 0.4) is 0 Å². The lowest BCUT2D eigenvalue weighted by atomic mass is 9.94. The molecule has 2 aliphatic heterocycles. The zero-order valence-electron chi connectivity index (χ0n) is 16.7. The number of nitrogens with zero attached hydrogens (tertiary/aromatic N) is 2. The molecule has 1 aromatic rings. The number of hydrogen-bond donors (Lipinski definition) is 0. The van der Waals surface area contributed by atoms with Gasteiger partial charge >= 0.3 is 0 Å². The normalized spacial score (nSPS) is 21.0. The van der Waals surface area contributed by atoms with E-state index < -0.39 is 0 Å². The Morgan fingerprint density at radius 3 is 2.82 bits per heavy atom. The third kappa shape index (κ3) is 5.77. The van der Waals surface area contributed by atoms with Gasteiger partial charge in [0.05, 0.1) is 5.92 Å². The molecule has 2 aliphatic rings. The fourth-order valence-electron chi connectivity index (χ4n) is 4.12. The standard InChI is InChI=1S/C22H31FN2O3/c1-24(11-7-17-9-13-28-14-10-17)22(27)19-5-6-21(26)25(16-19)12-8-18-3-2-4-20(23)15-18/h2-4,15,17,19H,5-14,16H2,1H3/t19-/m0/s1. The summed E-state index contributed by atoms with van der Waals surface area (Å²) in [5.74, 6) is 0.465. The van der Waals surface area contributed by atoms with E-state index in [4.69, 9.17) is 4.74 Å². The number of amides is 2. The van der Waals surface area contributed by atoms with E-state index in [1.807, 2.05) is 18.0 Å². The number of rotatable bonds is 7. The summed E-state index contributed by atoms with van der Waals surface area (Å²) < 4.78 is 18.7. The van der Waals surface area contributed by atoms with Gasteiger partial charge in [-0.05, 0) is 55.7 Å². The van der Waals surface area contributed by atoms with Crippen molar-refractivity contribution in [3.8, 4) is 0 Å². The first kappa shape index (κ1) is 20.8. The lowest BCUT2D eigenvalue weighted by molar-refractivity contribution is -0.142. The molecule has 0 N–H and O–H groups in total. The number of likely N-dealkylation sites (tertiary alicyclic amines) is 1. The van der Waals surface area contributed by atoms with E-state index in [0.29, 0.717) is 38.3 Å². The molecule has 6 heteroatoms. The molecule has 2 fully saturated rings. The molecule has 28 heavy (non-hydrogen) atoms. The second kappa shape index (κ2) is 10.0. The second-order valence-electron chi connectivity index (χ2n) is 8.06. The van der Waals surface area contributed by atoms with Crippen LogP contribution in [0.15, 0.2) is 24.3 Å². The molecule has 0 radical (unpaired) electrons. The van der Waals surface area contributed by atoms with Gasteiger partial charge in [0.1, 0.15) is 5.82 Å². The van der Waals surface area contributed by atoms with Crippen LogP contribution in [0.1, 0.15) is 37.7 Å². The first-order chi connectivity index (χ1) is 13.5. The monoisotopic (exact) mass is 390 g/mol. The van der Waals surface area contributed by atoms with Crippen molar-refractivity contribution < 1.29 is 18.7 Å². The lowest BCUT2D eigenvalue weighted by Gasteiger charge is -2.34. The Morgan fingerprint density at radius 2 is 2.07 bits per heavy atom. The van der Waals surface area contributed by atoms with Gasteiger partial charge < -0.3 is 14.5 Å². The predicted molar refractivity (Wildman–Crippen MR) is 105 cm³/mol. The quantitative estimate of drug-likeness (QED) is 0.719. The Kier molecular flexibility index (Phi) is 7.43. The Labute approximate surface area is 166 Å². The van der Waals surface area contributed by atoms with Gasteiger partial charge in [-0.1, -0.05) is 12.1 Å². The maximum atomic E-state index is 13.3. The van der Waals surface area contributed by atoms with Crippen LogP contribution in [0, 0.1) is 17.7 Å². The van der Waals surface area contributed by atoms with Gasteiger partial charge in [0.15, 0.2) is 0 Å². The number of piperidine rings is 1. The zero-order valence-corrected chi connectivity index (χ0v) is 16.7. The minimum Gasteiger partial charge on any atom is -0.381 e. The predicted octanol–water partition coefficient (Wildman–Crippen LogP) is 2.88. The first-order valence-corrected chi connectivity index (χ1v) is 10.4. The Morgan fingerprint density at radius 1 is 1.29 bits per heavy atom. The number of halogens is 1. The van der Waals surface area contributed by atoms with Crippen molar-refractivity contribution in [2.24, 2.45) is 11.8 Å². The lowest BCUT2D eigenvalue weighted by Crippen LogP contribution is -2.47. The molecule has 2 heterocycles. The molecule has 0 aromatic heterocycles. The summed E-state index contributed by atoms with van der Waals surface area (Å²) in [6.07, 6.45) is 4.80. The SMILES string of the molecule is CN(CCC1CCOCC1)C(=O)[C@H]1CCC(=O)N(CCc2cccc(F)c2)C1. The number of ether oxygens (including phenoxy) is 1. The summed E-state index contributed by atoms with van der Waals surface area (Å²) >= 11 is 0.